The molecule has 3 nitrogen and oxygen atoms in total. The van der Waals surface area contributed by atoms with E-state index in [0.717, 1.165) is 22.5 Å². The monoisotopic (exact) mass is 295 g/mol. The summed E-state index contributed by atoms with van der Waals surface area (Å²) in [4.78, 5) is 4.62. The van der Waals surface area contributed by atoms with Gasteiger partial charge in [0.25, 0.3) is 0 Å². The molecule has 0 spiro atoms. The lowest BCUT2D eigenvalue weighted by atomic mass is 10.1. The van der Waals surface area contributed by atoms with Crippen molar-refractivity contribution in [2.45, 2.75) is 20.3 Å². The first-order chi connectivity index (χ1) is 10.1. The second kappa shape index (κ2) is 5.23. The van der Waals surface area contributed by atoms with E-state index in [9.17, 15) is 5.26 Å². The van der Waals surface area contributed by atoms with E-state index < -0.39 is 0 Å². The molecule has 21 heavy (non-hydrogen) atoms. The van der Waals surface area contributed by atoms with Gasteiger partial charge in [0.2, 0.25) is 0 Å². The van der Waals surface area contributed by atoms with E-state index in [1.807, 2.05) is 13.0 Å². The van der Waals surface area contributed by atoms with Crippen LogP contribution < -0.4 is 0 Å². The number of imidazole rings is 1. The molecule has 0 atom stereocenters. The quantitative estimate of drug-likeness (QED) is 0.715. The predicted octanol–water partition coefficient (Wildman–Crippen LogP) is 4.07. The maximum absolute atomic E-state index is 9.46. The zero-order valence-corrected chi connectivity index (χ0v) is 12.6. The Labute approximate surface area is 128 Å². The normalized spacial score (nSPS) is 10.8. The average molecular weight is 296 g/mol. The molecule has 0 saturated carbocycles. The molecule has 0 aliphatic rings. The fraction of sp³-hybridized carbons (Fsp3) is 0.176. The van der Waals surface area contributed by atoms with E-state index in [1.165, 1.54) is 5.56 Å². The standard InChI is InChI=1S/C17H14ClN3/c1-11-3-5-13(6-4-11)8-15-16(9-19)21-10-14(18)7-12(2)17(21)20-15/h3-7,10H,8H2,1-2H3. The second-order valence-electron chi connectivity index (χ2n) is 5.22. The van der Waals surface area contributed by atoms with Crippen molar-refractivity contribution in [2.24, 2.45) is 0 Å². The third-order valence-electron chi connectivity index (χ3n) is 3.54. The van der Waals surface area contributed by atoms with Crippen LogP contribution in [0.3, 0.4) is 0 Å². The van der Waals surface area contributed by atoms with E-state index in [4.69, 9.17) is 11.6 Å². The average Bonchev–Trinajstić information content (AvgIpc) is 2.79. The Hall–Kier alpha value is -2.31. The largest absolute Gasteiger partial charge is 0.289 e. The molecular weight excluding hydrogens is 282 g/mol. The summed E-state index contributed by atoms with van der Waals surface area (Å²) in [6.07, 6.45) is 2.38. The van der Waals surface area contributed by atoms with Gasteiger partial charge >= 0.3 is 0 Å². The molecule has 4 heteroatoms. The summed E-state index contributed by atoms with van der Waals surface area (Å²) in [7, 11) is 0. The lowest BCUT2D eigenvalue weighted by molar-refractivity contribution is 1.08. The topological polar surface area (TPSA) is 41.1 Å². The van der Waals surface area contributed by atoms with Gasteiger partial charge < -0.3 is 0 Å². The van der Waals surface area contributed by atoms with E-state index in [1.54, 1.807) is 10.6 Å². The van der Waals surface area contributed by atoms with Crippen molar-refractivity contribution < 1.29 is 0 Å². The van der Waals surface area contributed by atoms with Crippen LogP contribution in [0.15, 0.2) is 36.5 Å². The molecule has 0 fully saturated rings. The van der Waals surface area contributed by atoms with E-state index in [0.29, 0.717) is 17.1 Å². The van der Waals surface area contributed by atoms with E-state index in [-0.39, 0.29) is 0 Å². The Morgan fingerprint density at radius 2 is 1.95 bits per heavy atom. The van der Waals surface area contributed by atoms with Gasteiger partial charge in [-0.05, 0) is 31.0 Å². The number of benzene rings is 1. The van der Waals surface area contributed by atoms with Gasteiger partial charge in [0.1, 0.15) is 17.4 Å². The third-order valence-corrected chi connectivity index (χ3v) is 3.75. The Bertz CT molecular complexity index is 854. The van der Waals surface area contributed by atoms with Crippen molar-refractivity contribution in [2.75, 3.05) is 0 Å². The third kappa shape index (κ3) is 2.51. The van der Waals surface area contributed by atoms with Gasteiger partial charge in [-0.2, -0.15) is 5.26 Å². The zero-order valence-electron chi connectivity index (χ0n) is 11.9. The molecule has 3 aromatic rings. The van der Waals surface area contributed by atoms with Gasteiger partial charge in [0.15, 0.2) is 0 Å². The summed E-state index contributed by atoms with van der Waals surface area (Å²) in [5.41, 5.74) is 5.45. The van der Waals surface area contributed by atoms with Crippen LogP contribution in [0, 0.1) is 25.2 Å². The van der Waals surface area contributed by atoms with Crippen LogP contribution in [-0.4, -0.2) is 9.38 Å². The molecule has 0 amide bonds. The first kappa shape index (κ1) is 13.7. The number of aromatic nitrogens is 2. The van der Waals surface area contributed by atoms with Crippen LogP contribution in [0.1, 0.15) is 28.1 Å². The summed E-state index contributed by atoms with van der Waals surface area (Å²) in [5, 5.41) is 10.1. The molecule has 0 aliphatic heterocycles. The summed E-state index contributed by atoms with van der Waals surface area (Å²) >= 11 is 6.08. The maximum atomic E-state index is 9.46. The van der Waals surface area contributed by atoms with Crippen LogP contribution in [0.4, 0.5) is 0 Å². The zero-order chi connectivity index (χ0) is 15.0. The van der Waals surface area contributed by atoms with Crippen molar-refractivity contribution in [1.29, 1.82) is 5.26 Å². The molecule has 2 heterocycles. The predicted molar refractivity (Wildman–Crippen MR) is 83.6 cm³/mol. The van der Waals surface area contributed by atoms with E-state index >= 15 is 0 Å². The van der Waals surface area contributed by atoms with Crippen LogP contribution in [0.5, 0.6) is 0 Å². The highest BCUT2D eigenvalue weighted by atomic mass is 35.5. The van der Waals surface area contributed by atoms with Crippen LogP contribution in [-0.2, 0) is 6.42 Å². The van der Waals surface area contributed by atoms with Gasteiger partial charge in [-0.15, -0.1) is 0 Å². The number of fused-ring (bicyclic) bond motifs is 1. The number of nitriles is 1. The molecule has 0 bridgehead atoms. The summed E-state index contributed by atoms with van der Waals surface area (Å²) in [5.74, 6) is 0. The maximum Gasteiger partial charge on any atom is 0.148 e. The first-order valence-electron chi connectivity index (χ1n) is 6.71. The Morgan fingerprint density at radius 3 is 2.62 bits per heavy atom. The summed E-state index contributed by atoms with van der Waals surface area (Å²) in [6.45, 7) is 4.01. The van der Waals surface area contributed by atoms with Crippen molar-refractivity contribution in [3.8, 4) is 6.07 Å². The molecular formula is C17H14ClN3. The van der Waals surface area contributed by atoms with Gasteiger partial charge in [-0.25, -0.2) is 4.98 Å². The molecule has 0 radical (unpaired) electrons. The minimum Gasteiger partial charge on any atom is -0.289 e. The number of hydrogen-bond acceptors (Lipinski definition) is 2. The number of nitrogens with zero attached hydrogens (tertiary/aromatic N) is 3. The summed E-state index contributed by atoms with van der Waals surface area (Å²) < 4.78 is 1.78. The van der Waals surface area contributed by atoms with Crippen molar-refractivity contribution in [1.82, 2.24) is 9.38 Å². The van der Waals surface area contributed by atoms with Crippen molar-refractivity contribution >= 4 is 17.2 Å². The fourth-order valence-corrected chi connectivity index (χ4v) is 2.72. The molecule has 0 unspecified atom stereocenters. The molecule has 2 aromatic heterocycles. The smallest absolute Gasteiger partial charge is 0.148 e. The lowest BCUT2D eigenvalue weighted by Gasteiger charge is -2.00. The molecule has 1 aromatic carbocycles. The van der Waals surface area contributed by atoms with Gasteiger partial charge in [-0.1, -0.05) is 41.4 Å². The van der Waals surface area contributed by atoms with E-state index in [2.05, 4.69) is 42.2 Å². The Kier molecular flexibility index (Phi) is 3.40. The first-order valence-corrected chi connectivity index (χ1v) is 7.09. The molecule has 3 rings (SSSR count). The number of hydrogen-bond donors (Lipinski definition) is 0. The Balaban J connectivity index is 2.12. The highest BCUT2D eigenvalue weighted by Crippen LogP contribution is 2.21. The number of aryl methyl sites for hydroxylation is 2. The lowest BCUT2D eigenvalue weighted by Crippen LogP contribution is -1.94. The second-order valence-corrected chi connectivity index (χ2v) is 5.65. The SMILES string of the molecule is Cc1ccc(Cc2nc3c(C)cc(Cl)cn3c2C#N)cc1. The number of rotatable bonds is 2. The van der Waals surface area contributed by atoms with Crippen LogP contribution in [0.2, 0.25) is 5.02 Å². The summed E-state index contributed by atoms with van der Waals surface area (Å²) in [6, 6.07) is 12.4. The molecule has 0 aliphatic carbocycles. The van der Waals surface area contributed by atoms with Crippen molar-refractivity contribution in [3.05, 3.63) is 69.6 Å². The van der Waals surface area contributed by atoms with Crippen LogP contribution in [0.25, 0.3) is 5.65 Å². The van der Waals surface area contributed by atoms with Crippen molar-refractivity contribution in [3.63, 3.8) is 0 Å². The van der Waals surface area contributed by atoms with Gasteiger partial charge in [0, 0.05) is 12.6 Å². The molecule has 104 valence electrons. The van der Waals surface area contributed by atoms with Crippen LogP contribution >= 0.6 is 11.6 Å². The molecule has 0 saturated heterocycles. The fourth-order valence-electron chi connectivity index (χ4n) is 2.46. The minimum atomic E-state index is 0.552. The molecule has 0 N–H and O–H groups in total. The number of pyridine rings is 1. The number of halogens is 1. The highest BCUT2D eigenvalue weighted by molar-refractivity contribution is 6.30. The minimum absolute atomic E-state index is 0.552. The highest BCUT2D eigenvalue weighted by Gasteiger charge is 2.14. The Morgan fingerprint density at radius 1 is 1.24 bits per heavy atom. The van der Waals surface area contributed by atoms with Gasteiger partial charge in [0.05, 0.1) is 10.7 Å². The van der Waals surface area contributed by atoms with Gasteiger partial charge in [-0.3, -0.25) is 4.40 Å².